The van der Waals surface area contributed by atoms with Crippen molar-refractivity contribution in [2.24, 2.45) is 0 Å². The van der Waals surface area contributed by atoms with Crippen LogP contribution in [0.2, 0.25) is 15.2 Å². The van der Waals surface area contributed by atoms with Crippen LogP contribution < -0.4 is 4.90 Å². The van der Waals surface area contributed by atoms with Gasteiger partial charge in [0.25, 0.3) is 0 Å². The Kier molecular flexibility index (Phi) is 4.09. The number of hydrogen-bond acceptors (Lipinski definition) is 4. The van der Waals surface area contributed by atoms with E-state index in [1.807, 2.05) is 17.3 Å². The Hall–Kier alpha value is -0.550. The Morgan fingerprint density at radius 1 is 1.29 bits per heavy atom. The SMILES string of the molecule is CN(Cc1cscn1)c1nc(Cl)c(Cl)cc1Cl. The van der Waals surface area contributed by atoms with Gasteiger partial charge in [-0.1, -0.05) is 34.8 Å². The predicted molar refractivity (Wildman–Crippen MR) is 73.5 cm³/mol. The van der Waals surface area contributed by atoms with Gasteiger partial charge in [0.1, 0.15) is 11.0 Å². The van der Waals surface area contributed by atoms with E-state index in [-0.39, 0.29) is 5.15 Å². The summed E-state index contributed by atoms with van der Waals surface area (Å²) in [7, 11) is 1.87. The number of hydrogen-bond donors (Lipinski definition) is 0. The van der Waals surface area contributed by atoms with Gasteiger partial charge in [0, 0.05) is 12.4 Å². The van der Waals surface area contributed by atoms with Crippen LogP contribution in [0.4, 0.5) is 5.82 Å². The summed E-state index contributed by atoms with van der Waals surface area (Å²) in [6, 6.07) is 1.59. The highest BCUT2D eigenvalue weighted by Gasteiger charge is 2.12. The predicted octanol–water partition coefficient (Wildman–Crippen LogP) is 4.13. The van der Waals surface area contributed by atoms with E-state index in [0.29, 0.717) is 22.4 Å². The summed E-state index contributed by atoms with van der Waals surface area (Å²) < 4.78 is 0. The van der Waals surface area contributed by atoms with Crippen LogP contribution in [0.25, 0.3) is 0 Å². The van der Waals surface area contributed by atoms with Crippen LogP contribution in [0.15, 0.2) is 17.0 Å². The summed E-state index contributed by atoms with van der Waals surface area (Å²) in [5.41, 5.74) is 2.74. The minimum absolute atomic E-state index is 0.246. The highest BCUT2D eigenvalue weighted by atomic mass is 35.5. The molecule has 2 aromatic rings. The van der Waals surface area contributed by atoms with Crippen molar-refractivity contribution in [1.29, 1.82) is 0 Å². The van der Waals surface area contributed by atoms with Gasteiger partial charge < -0.3 is 4.90 Å². The lowest BCUT2D eigenvalue weighted by atomic mass is 10.4. The average molecular weight is 309 g/mol. The molecule has 0 radical (unpaired) electrons. The van der Waals surface area contributed by atoms with Gasteiger partial charge in [0.15, 0.2) is 0 Å². The highest BCUT2D eigenvalue weighted by molar-refractivity contribution is 7.07. The molecule has 0 bridgehead atoms. The first-order chi connectivity index (χ1) is 8.08. The molecule has 0 aliphatic heterocycles. The first kappa shape index (κ1) is 12.9. The number of thiazole rings is 1. The summed E-state index contributed by atoms with van der Waals surface area (Å²) in [6.45, 7) is 0.619. The van der Waals surface area contributed by atoms with Crippen LogP contribution >= 0.6 is 46.1 Å². The van der Waals surface area contributed by atoms with Gasteiger partial charge in [0.2, 0.25) is 0 Å². The summed E-state index contributed by atoms with van der Waals surface area (Å²) >= 11 is 19.3. The van der Waals surface area contributed by atoms with Crippen LogP contribution in [-0.4, -0.2) is 17.0 Å². The van der Waals surface area contributed by atoms with E-state index in [1.165, 1.54) is 0 Å². The van der Waals surface area contributed by atoms with Crippen LogP contribution in [-0.2, 0) is 6.54 Å². The lowest BCUT2D eigenvalue weighted by molar-refractivity contribution is 0.874. The van der Waals surface area contributed by atoms with Crippen LogP contribution in [0.1, 0.15) is 5.69 Å². The second kappa shape index (κ2) is 5.40. The van der Waals surface area contributed by atoms with E-state index < -0.39 is 0 Å². The lowest BCUT2D eigenvalue weighted by Crippen LogP contribution is -2.18. The summed E-state index contributed by atoms with van der Waals surface area (Å²) in [6.07, 6.45) is 0. The van der Waals surface area contributed by atoms with E-state index in [9.17, 15) is 0 Å². The molecule has 0 atom stereocenters. The Balaban J connectivity index is 2.24. The first-order valence-corrected chi connectivity index (χ1v) is 6.75. The third-order valence-electron chi connectivity index (χ3n) is 2.11. The topological polar surface area (TPSA) is 29.0 Å². The Morgan fingerprint density at radius 2 is 2.06 bits per heavy atom. The fourth-order valence-corrected chi connectivity index (χ4v) is 2.52. The maximum Gasteiger partial charge on any atom is 0.150 e. The summed E-state index contributed by atoms with van der Waals surface area (Å²) in [5.74, 6) is 0.592. The molecule has 0 amide bonds. The molecule has 2 heterocycles. The van der Waals surface area contributed by atoms with Crippen LogP contribution in [0.3, 0.4) is 0 Å². The molecule has 0 saturated carbocycles. The van der Waals surface area contributed by atoms with E-state index in [2.05, 4.69) is 9.97 Å². The maximum absolute atomic E-state index is 6.07. The summed E-state index contributed by atoms with van der Waals surface area (Å²) in [5, 5.41) is 3.04. The maximum atomic E-state index is 6.07. The Labute approximate surface area is 118 Å². The van der Waals surface area contributed by atoms with Gasteiger partial charge in [-0.25, -0.2) is 9.97 Å². The standard InChI is InChI=1S/C10H8Cl3N3S/c1-16(3-6-4-17-5-14-6)10-8(12)2-7(11)9(13)15-10/h2,4-5H,3H2,1H3. The van der Waals surface area contributed by atoms with Gasteiger partial charge in [-0.2, -0.15) is 0 Å². The molecule has 0 aliphatic carbocycles. The molecule has 17 heavy (non-hydrogen) atoms. The van der Waals surface area contributed by atoms with E-state index in [1.54, 1.807) is 22.9 Å². The molecule has 0 fully saturated rings. The van der Waals surface area contributed by atoms with Gasteiger partial charge in [0.05, 0.1) is 27.8 Å². The van der Waals surface area contributed by atoms with E-state index >= 15 is 0 Å². The molecule has 2 aromatic heterocycles. The number of pyridine rings is 1. The number of halogens is 3. The number of aromatic nitrogens is 2. The zero-order chi connectivity index (χ0) is 12.4. The van der Waals surface area contributed by atoms with Gasteiger partial charge in [-0.15, -0.1) is 11.3 Å². The van der Waals surface area contributed by atoms with Gasteiger partial charge in [-0.05, 0) is 6.07 Å². The smallest absolute Gasteiger partial charge is 0.150 e. The minimum atomic E-state index is 0.246. The molecular weight excluding hydrogens is 301 g/mol. The van der Waals surface area contributed by atoms with Crippen molar-refractivity contribution in [2.75, 3.05) is 11.9 Å². The molecule has 90 valence electrons. The zero-order valence-corrected chi connectivity index (χ0v) is 11.9. The Bertz CT molecular complexity index is 516. The molecule has 0 aliphatic rings. The molecule has 0 spiro atoms. The number of rotatable bonds is 3. The van der Waals surface area contributed by atoms with Crippen molar-refractivity contribution in [3.63, 3.8) is 0 Å². The van der Waals surface area contributed by atoms with Gasteiger partial charge >= 0.3 is 0 Å². The minimum Gasteiger partial charge on any atom is -0.352 e. The zero-order valence-electron chi connectivity index (χ0n) is 8.82. The molecule has 0 unspecified atom stereocenters. The van der Waals surface area contributed by atoms with Gasteiger partial charge in [-0.3, -0.25) is 0 Å². The molecule has 0 aromatic carbocycles. The average Bonchev–Trinajstić information content (AvgIpc) is 2.76. The molecule has 0 saturated heterocycles. The van der Waals surface area contributed by atoms with Crippen LogP contribution in [0, 0.1) is 0 Å². The monoisotopic (exact) mass is 307 g/mol. The van der Waals surface area contributed by atoms with Crippen LogP contribution in [0.5, 0.6) is 0 Å². The second-order valence-electron chi connectivity index (χ2n) is 3.40. The fourth-order valence-electron chi connectivity index (χ4n) is 1.34. The van der Waals surface area contributed by atoms with Crippen molar-refractivity contribution >= 4 is 52.0 Å². The number of anilines is 1. The van der Waals surface area contributed by atoms with Crippen molar-refractivity contribution < 1.29 is 0 Å². The first-order valence-electron chi connectivity index (χ1n) is 4.67. The quantitative estimate of drug-likeness (QED) is 0.798. The fraction of sp³-hybridized carbons (Fsp3) is 0.200. The lowest BCUT2D eigenvalue weighted by Gasteiger charge is -2.18. The molecule has 3 nitrogen and oxygen atoms in total. The normalized spacial score (nSPS) is 10.6. The van der Waals surface area contributed by atoms with E-state index in [4.69, 9.17) is 34.8 Å². The molecule has 0 N–H and O–H groups in total. The second-order valence-corrected chi connectivity index (χ2v) is 5.29. The largest absolute Gasteiger partial charge is 0.352 e. The summed E-state index contributed by atoms with van der Waals surface area (Å²) in [4.78, 5) is 10.2. The third-order valence-corrected chi connectivity index (χ3v) is 3.70. The number of nitrogens with zero attached hydrogens (tertiary/aromatic N) is 3. The molecule has 2 rings (SSSR count). The van der Waals surface area contributed by atoms with Crippen molar-refractivity contribution in [2.45, 2.75) is 6.54 Å². The third kappa shape index (κ3) is 3.01. The Morgan fingerprint density at radius 3 is 2.71 bits per heavy atom. The van der Waals surface area contributed by atoms with Crippen molar-refractivity contribution in [3.05, 3.63) is 37.8 Å². The molecule has 7 heteroatoms. The van der Waals surface area contributed by atoms with Crippen molar-refractivity contribution in [1.82, 2.24) is 9.97 Å². The molecular formula is C10H8Cl3N3S. The highest BCUT2D eigenvalue weighted by Crippen LogP contribution is 2.31. The van der Waals surface area contributed by atoms with E-state index in [0.717, 1.165) is 5.69 Å². The van der Waals surface area contributed by atoms with Crippen molar-refractivity contribution in [3.8, 4) is 0 Å².